The van der Waals surface area contributed by atoms with Crippen molar-refractivity contribution in [1.29, 1.82) is 0 Å². The lowest BCUT2D eigenvalue weighted by Gasteiger charge is -2.28. The third-order valence-corrected chi connectivity index (χ3v) is 4.37. The molecule has 9 nitrogen and oxygen atoms in total. The van der Waals surface area contributed by atoms with Crippen LogP contribution in [-0.4, -0.2) is 40.6 Å². The van der Waals surface area contributed by atoms with Gasteiger partial charge in [-0.25, -0.2) is 0 Å². The van der Waals surface area contributed by atoms with Crippen LogP contribution in [0.2, 0.25) is 0 Å². The number of nitrogens with two attached hydrogens (primary N) is 1. The summed E-state index contributed by atoms with van der Waals surface area (Å²) in [4.78, 5) is 46.5. The largest absolute Gasteiger partial charge is 0.480 e. The fraction of sp³-hybridized carbons (Fsp3) is 0.545. The highest BCUT2D eigenvalue weighted by atomic mass is 16.6. The molecule has 31 heavy (non-hydrogen) atoms. The maximum Gasteiger partial charge on any atom is 0.324 e. The maximum atomic E-state index is 11.9. The molecule has 0 saturated heterocycles. The van der Waals surface area contributed by atoms with E-state index in [1.807, 2.05) is 13.8 Å². The molecule has 0 fully saturated rings. The van der Waals surface area contributed by atoms with E-state index in [4.69, 9.17) is 19.9 Å². The summed E-state index contributed by atoms with van der Waals surface area (Å²) in [5, 5.41) is 9.72. The van der Waals surface area contributed by atoms with Crippen molar-refractivity contribution in [3.05, 3.63) is 23.8 Å². The zero-order valence-electron chi connectivity index (χ0n) is 18.6. The SMILES string of the molecule is CC(=O)Oc1ccc(CC(N)(C[C@H](C)OC(=O)CCC(C)C)C(=O)O)cc1OC(C)=O. The Morgan fingerprint density at radius 3 is 2.13 bits per heavy atom. The van der Waals surface area contributed by atoms with Gasteiger partial charge < -0.3 is 25.1 Å². The van der Waals surface area contributed by atoms with E-state index in [-0.39, 0.29) is 30.8 Å². The molecule has 0 radical (unpaired) electrons. The molecule has 0 aliphatic carbocycles. The minimum atomic E-state index is -1.74. The minimum absolute atomic E-state index is 0.0249. The molecule has 3 N–H and O–H groups in total. The minimum Gasteiger partial charge on any atom is -0.480 e. The Kier molecular flexibility index (Phi) is 9.64. The monoisotopic (exact) mass is 437 g/mol. The van der Waals surface area contributed by atoms with Crippen LogP contribution in [0.25, 0.3) is 0 Å². The molecule has 1 aromatic rings. The van der Waals surface area contributed by atoms with Crippen molar-refractivity contribution >= 4 is 23.9 Å². The Hall–Kier alpha value is -2.94. The van der Waals surface area contributed by atoms with Gasteiger partial charge in [0.15, 0.2) is 11.5 Å². The Balaban J connectivity index is 3.00. The second-order valence-electron chi connectivity index (χ2n) is 8.04. The molecular weight excluding hydrogens is 406 g/mol. The number of carbonyl (C=O) groups is 4. The van der Waals surface area contributed by atoms with Gasteiger partial charge >= 0.3 is 23.9 Å². The predicted octanol–water partition coefficient (Wildman–Crippen LogP) is 2.62. The highest BCUT2D eigenvalue weighted by molar-refractivity contribution is 5.79. The van der Waals surface area contributed by atoms with Crippen molar-refractivity contribution in [1.82, 2.24) is 0 Å². The van der Waals surface area contributed by atoms with Gasteiger partial charge in [0.2, 0.25) is 0 Å². The molecule has 9 heteroatoms. The molecule has 0 amide bonds. The molecule has 1 unspecified atom stereocenters. The van der Waals surface area contributed by atoms with Crippen LogP contribution in [0, 0.1) is 5.92 Å². The molecule has 0 bridgehead atoms. The Morgan fingerprint density at radius 1 is 1.03 bits per heavy atom. The fourth-order valence-electron chi connectivity index (χ4n) is 2.98. The van der Waals surface area contributed by atoms with E-state index < -0.39 is 35.5 Å². The Labute approximate surface area is 181 Å². The van der Waals surface area contributed by atoms with Gasteiger partial charge in [0.1, 0.15) is 11.6 Å². The maximum absolute atomic E-state index is 11.9. The normalized spacial score (nSPS) is 13.8. The van der Waals surface area contributed by atoms with Gasteiger partial charge in [0.25, 0.3) is 0 Å². The van der Waals surface area contributed by atoms with Crippen LogP contribution in [0.1, 0.15) is 59.4 Å². The summed E-state index contributed by atoms with van der Waals surface area (Å²) in [6, 6.07) is 4.31. The first-order chi connectivity index (χ1) is 14.3. The molecule has 172 valence electrons. The van der Waals surface area contributed by atoms with Gasteiger partial charge in [-0.2, -0.15) is 0 Å². The summed E-state index contributed by atoms with van der Waals surface area (Å²) < 4.78 is 15.4. The first-order valence-electron chi connectivity index (χ1n) is 10.0. The second-order valence-corrected chi connectivity index (χ2v) is 8.04. The summed E-state index contributed by atoms with van der Waals surface area (Å²) in [5.74, 6) is -2.57. The van der Waals surface area contributed by atoms with E-state index in [2.05, 4.69) is 0 Å². The second kappa shape index (κ2) is 11.5. The van der Waals surface area contributed by atoms with Gasteiger partial charge in [0.05, 0.1) is 0 Å². The number of carboxylic acid groups (broad SMARTS) is 1. The van der Waals surface area contributed by atoms with E-state index in [9.17, 15) is 24.3 Å². The Bertz CT molecular complexity index is 820. The number of hydrogen-bond acceptors (Lipinski definition) is 8. The van der Waals surface area contributed by atoms with Crippen LogP contribution < -0.4 is 15.2 Å². The first-order valence-corrected chi connectivity index (χ1v) is 10.0. The van der Waals surface area contributed by atoms with Crippen LogP contribution in [0.5, 0.6) is 11.5 Å². The lowest BCUT2D eigenvalue weighted by molar-refractivity contribution is -0.153. The zero-order chi connectivity index (χ0) is 23.8. The molecule has 0 aromatic heterocycles. The molecule has 0 aliphatic heterocycles. The van der Waals surface area contributed by atoms with Crippen molar-refractivity contribution in [2.75, 3.05) is 0 Å². The molecule has 0 aliphatic rings. The highest BCUT2D eigenvalue weighted by Gasteiger charge is 2.37. The van der Waals surface area contributed by atoms with Crippen LogP contribution in [0.4, 0.5) is 0 Å². The number of esters is 3. The van der Waals surface area contributed by atoms with Crippen molar-refractivity contribution < 1.29 is 38.5 Å². The molecule has 1 aromatic carbocycles. The standard InChI is InChI=1S/C22H31NO8/c1-13(2)6-9-20(26)29-14(3)11-22(23,21(27)28)12-17-7-8-18(30-15(4)24)19(10-17)31-16(5)25/h7-8,10,13-14H,6,9,11-12,23H2,1-5H3,(H,27,28)/t14-,22?/m0/s1. The number of carbonyl (C=O) groups excluding carboxylic acids is 3. The number of carboxylic acids is 1. The Morgan fingerprint density at radius 2 is 1.61 bits per heavy atom. The first kappa shape index (κ1) is 26.1. The van der Waals surface area contributed by atoms with Crippen LogP contribution in [0.3, 0.4) is 0 Å². The lowest BCUT2D eigenvalue weighted by atomic mass is 9.86. The van der Waals surface area contributed by atoms with E-state index >= 15 is 0 Å². The van der Waals surface area contributed by atoms with Gasteiger partial charge in [0, 0.05) is 33.1 Å². The molecule has 0 spiro atoms. The smallest absolute Gasteiger partial charge is 0.324 e. The van der Waals surface area contributed by atoms with E-state index in [0.717, 1.165) is 0 Å². The zero-order valence-corrected chi connectivity index (χ0v) is 18.6. The average molecular weight is 437 g/mol. The van der Waals surface area contributed by atoms with Crippen molar-refractivity contribution in [2.45, 2.75) is 71.9 Å². The van der Waals surface area contributed by atoms with E-state index in [1.165, 1.54) is 32.0 Å². The van der Waals surface area contributed by atoms with E-state index in [0.29, 0.717) is 17.9 Å². The van der Waals surface area contributed by atoms with Crippen molar-refractivity contribution in [3.8, 4) is 11.5 Å². The lowest BCUT2D eigenvalue weighted by Crippen LogP contribution is -2.52. The predicted molar refractivity (Wildman–Crippen MR) is 112 cm³/mol. The quantitative estimate of drug-likeness (QED) is 0.394. The number of benzene rings is 1. The summed E-state index contributed by atoms with van der Waals surface area (Å²) >= 11 is 0. The number of rotatable bonds is 11. The molecule has 0 saturated carbocycles. The summed E-state index contributed by atoms with van der Waals surface area (Å²) in [6.07, 6.45) is -0.0501. The van der Waals surface area contributed by atoms with E-state index in [1.54, 1.807) is 6.92 Å². The number of hydrogen-bond donors (Lipinski definition) is 2. The number of ether oxygens (including phenoxy) is 3. The van der Waals surface area contributed by atoms with Gasteiger partial charge in [-0.3, -0.25) is 19.2 Å². The van der Waals surface area contributed by atoms with Crippen LogP contribution >= 0.6 is 0 Å². The third-order valence-electron chi connectivity index (χ3n) is 4.37. The van der Waals surface area contributed by atoms with Crippen molar-refractivity contribution in [2.24, 2.45) is 11.7 Å². The van der Waals surface area contributed by atoms with Crippen LogP contribution in [-0.2, 0) is 30.3 Å². The summed E-state index contributed by atoms with van der Waals surface area (Å²) in [7, 11) is 0. The van der Waals surface area contributed by atoms with Gasteiger partial charge in [-0.15, -0.1) is 0 Å². The molecule has 2 atom stereocenters. The summed E-state index contributed by atoms with van der Waals surface area (Å²) in [5.41, 5.74) is 4.86. The average Bonchev–Trinajstić information content (AvgIpc) is 2.61. The van der Waals surface area contributed by atoms with Gasteiger partial charge in [-0.1, -0.05) is 19.9 Å². The molecule has 0 heterocycles. The third kappa shape index (κ3) is 9.17. The fourth-order valence-corrected chi connectivity index (χ4v) is 2.98. The highest BCUT2D eigenvalue weighted by Crippen LogP contribution is 2.31. The van der Waals surface area contributed by atoms with Crippen molar-refractivity contribution in [3.63, 3.8) is 0 Å². The number of aliphatic carboxylic acids is 1. The van der Waals surface area contributed by atoms with Gasteiger partial charge in [-0.05, 0) is 37.0 Å². The molecule has 1 rings (SSSR count). The molecular formula is C22H31NO8. The summed E-state index contributed by atoms with van der Waals surface area (Å²) in [6.45, 7) is 7.95. The van der Waals surface area contributed by atoms with Crippen LogP contribution in [0.15, 0.2) is 18.2 Å². The topological polar surface area (TPSA) is 142 Å².